The third-order valence-corrected chi connectivity index (χ3v) is 10.8. The number of rotatable bonds is 67. The van der Waals surface area contributed by atoms with Crippen molar-refractivity contribution in [1.29, 1.82) is 21.0 Å². The molecule has 0 heterocycles. The van der Waals surface area contributed by atoms with Crippen LogP contribution in [-0.2, 0) is 85.3 Å². The fourth-order valence-electron chi connectivity index (χ4n) is 6.78. The van der Waals surface area contributed by atoms with E-state index in [1.54, 1.807) is 0 Å². The highest BCUT2D eigenvalue weighted by molar-refractivity contribution is 4.83. The summed E-state index contributed by atoms with van der Waals surface area (Å²) in [4.78, 5) is 0. The van der Waals surface area contributed by atoms with Crippen molar-refractivity contribution in [2.24, 2.45) is 0 Å². The fraction of sp³-hybridized carbons (Fsp3) is 0.926. The molecule has 0 aliphatic rings. The first-order valence-corrected chi connectivity index (χ1v) is 28.5. The highest BCUT2D eigenvalue weighted by Crippen LogP contribution is 2.17. The molecule has 0 amide bonds. The van der Waals surface area contributed by atoms with Gasteiger partial charge in [-0.1, -0.05) is 0 Å². The van der Waals surface area contributed by atoms with E-state index in [9.17, 15) is 0 Å². The smallest absolute Gasteiger partial charge is 0.114 e. The van der Waals surface area contributed by atoms with Crippen LogP contribution < -0.4 is 21.3 Å². The van der Waals surface area contributed by atoms with Gasteiger partial charge in [0, 0.05) is 65.8 Å². The molecular formula is C54H102N8O18. The Labute approximate surface area is 478 Å². The Balaban J connectivity index is 6.34. The second-order valence-electron chi connectivity index (χ2n) is 16.9. The molecule has 0 aromatic rings. The second-order valence-corrected chi connectivity index (χ2v) is 16.9. The predicted molar refractivity (Wildman–Crippen MR) is 293 cm³/mol. The van der Waals surface area contributed by atoms with Gasteiger partial charge in [0.1, 0.15) is 36.6 Å². The van der Waals surface area contributed by atoms with Crippen molar-refractivity contribution in [3.8, 4) is 24.3 Å². The maximum Gasteiger partial charge on any atom is 0.114 e. The summed E-state index contributed by atoms with van der Waals surface area (Å²) in [5.41, 5.74) is 0. The number of hydrogen-bond acceptors (Lipinski definition) is 26. The molecule has 0 rings (SSSR count). The summed E-state index contributed by atoms with van der Waals surface area (Å²) in [6.07, 6.45) is -1.53. The average molecular weight is 1150 g/mol. The van der Waals surface area contributed by atoms with Crippen LogP contribution in [0.4, 0.5) is 0 Å². The Morgan fingerprint density at radius 3 is 0.887 bits per heavy atom. The molecule has 0 aliphatic heterocycles. The van der Waals surface area contributed by atoms with Gasteiger partial charge in [0.25, 0.3) is 0 Å². The van der Waals surface area contributed by atoms with Crippen LogP contribution in [0.5, 0.6) is 0 Å². The van der Waals surface area contributed by atoms with E-state index in [2.05, 4.69) is 45.5 Å². The van der Waals surface area contributed by atoms with Gasteiger partial charge in [0.2, 0.25) is 0 Å². The molecule has 0 aliphatic carbocycles. The first-order chi connectivity index (χ1) is 39.6. The topological polar surface area (TPSA) is 309 Å². The number of nitrogens with one attached hydrogen (secondary N) is 4. The average Bonchev–Trinajstić information content (AvgIpc) is 3.47. The Morgan fingerprint density at radius 2 is 0.537 bits per heavy atom. The minimum absolute atomic E-state index is 0.0822. The van der Waals surface area contributed by atoms with Crippen LogP contribution in [0.15, 0.2) is 0 Å². The third kappa shape index (κ3) is 50.8. The van der Waals surface area contributed by atoms with Crippen molar-refractivity contribution in [1.82, 2.24) is 21.3 Å². The maximum absolute atomic E-state index is 9.01. The van der Waals surface area contributed by atoms with Gasteiger partial charge in [-0.25, -0.2) is 0 Å². The lowest BCUT2D eigenvalue weighted by atomic mass is 10.1. The Bertz CT molecular complexity index is 1450. The lowest BCUT2D eigenvalue weighted by Crippen LogP contribution is -2.49. The molecule has 466 valence electrons. The quantitative estimate of drug-likeness (QED) is 0.0501. The highest BCUT2D eigenvalue weighted by atomic mass is 16.6. The first kappa shape index (κ1) is 77.1. The third-order valence-electron chi connectivity index (χ3n) is 10.8. The number of ether oxygens (including phenoxy) is 18. The lowest BCUT2D eigenvalue weighted by molar-refractivity contribution is -0.179. The van der Waals surface area contributed by atoms with Gasteiger partial charge < -0.3 is 85.3 Å². The summed E-state index contributed by atoms with van der Waals surface area (Å²) in [6.45, 7) is 19.5. The molecule has 0 bridgehead atoms. The Kier molecular flexibility index (Phi) is 62.9. The zero-order valence-electron chi connectivity index (χ0n) is 48.9. The lowest BCUT2D eigenvalue weighted by Gasteiger charge is -2.34. The molecule has 0 aromatic heterocycles. The van der Waals surface area contributed by atoms with E-state index in [0.717, 1.165) is 0 Å². The monoisotopic (exact) mass is 1150 g/mol. The van der Waals surface area contributed by atoms with Crippen LogP contribution in [0.3, 0.4) is 0 Å². The van der Waals surface area contributed by atoms with Crippen LogP contribution in [0.2, 0.25) is 0 Å². The molecule has 0 saturated carbocycles. The molecule has 4 N–H and O–H groups in total. The van der Waals surface area contributed by atoms with Crippen LogP contribution in [0.1, 0.15) is 66.2 Å². The van der Waals surface area contributed by atoms with E-state index in [1.807, 2.05) is 27.7 Å². The molecule has 0 spiro atoms. The van der Waals surface area contributed by atoms with E-state index < -0.39 is 36.6 Å². The van der Waals surface area contributed by atoms with Gasteiger partial charge in [0.05, 0.1) is 209 Å². The van der Waals surface area contributed by atoms with Crippen molar-refractivity contribution < 1.29 is 85.3 Å². The van der Waals surface area contributed by atoms with Crippen LogP contribution in [-0.4, -0.2) is 262 Å². The summed E-state index contributed by atoms with van der Waals surface area (Å²) in [6, 6.07) is 8.26. The van der Waals surface area contributed by atoms with Crippen molar-refractivity contribution in [3.05, 3.63) is 0 Å². The van der Waals surface area contributed by atoms with E-state index in [-0.39, 0.29) is 131 Å². The van der Waals surface area contributed by atoms with E-state index in [1.165, 1.54) is 0 Å². The van der Waals surface area contributed by atoms with Crippen LogP contribution >= 0.6 is 0 Å². The summed E-state index contributed by atoms with van der Waals surface area (Å²) in [5, 5.41) is 48.8. The number of nitrogens with zero attached hydrogens (tertiary/aromatic N) is 4. The van der Waals surface area contributed by atoms with Crippen LogP contribution in [0, 0.1) is 45.3 Å². The van der Waals surface area contributed by atoms with Gasteiger partial charge in [-0.15, -0.1) is 0 Å². The van der Waals surface area contributed by atoms with Crippen molar-refractivity contribution >= 4 is 0 Å². The molecule has 0 fully saturated rings. The van der Waals surface area contributed by atoms with E-state index >= 15 is 0 Å². The summed E-state index contributed by atoms with van der Waals surface area (Å²) < 4.78 is 108. The van der Waals surface area contributed by atoms with E-state index in [4.69, 9.17) is 106 Å². The van der Waals surface area contributed by atoms with Gasteiger partial charge in [-0.05, 0) is 40.5 Å². The molecule has 0 radical (unpaired) electrons. The molecule has 80 heavy (non-hydrogen) atoms. The first-order valence-electron chi connectivity index (χ1n) is 28.5. The van der Waals surface area contributed by atoms with Crippen molar-refractivity contribution in [3.63, 3.8) is 0 Å². The SMILES string of the molecule is CCOCNCCOCC(OCCNCOCC)C(OCCNCOCC)C(COCCCCOCC(OCCOCCC#N)C(OCCOCCC#N)C(COCCOCCC#N)OCCOCCC#N)OCCNCOCC. The molecule has 26 heteroatoms. The molecule has 6 atom stereocenters. The predicted octanol–water partition coefficient (Wildman–Crippen LogP) is 2.20. The summed E-state index contributed by atoms with van der Waals surface area (Å²) in [7, 11) is 0. The minimum atomic E-state index is -0.751. The van der Waals surface area contributed by atoms with Gasteiger partial charge in [-0.2, -0.15) is 21.0 Å². The van der Waals surface area contributed by atoms with Gasteiger partial charge in [-0.3, -0.25) is 21.3 Å². The summed E-state index contributed by atoms with van der Waals surface area (Å²) in [5.74, 6) is 0. The maximum atomic E-state index is 9.01. The molecule has 0 aromatic carbocycles. The Morgan fingerprint density at radius 1 is 0.275 bits per heavy atom. The number of nitriles is 4. The fourth-order valence-corrected chi connectivity index (χ4v) is 6.78. The zero-order chi connectivity index (χ0) is 58.1. The van der Waals surface area contributed by atoms with Crippen LogP contribution in [0.25, 0.3) is 0 Å². The second kappa shape index (κ2) is 65.2. The molecule has 0 saturated heterocycles. The highest BCUT2D eigenvalue weighted by Gasteiger charge is 2.34. The zero-order valence-corrected chi connectivity index (χ0v) is 48.9. The van der Waals surface area contributed by atoms with Gasteiger partial charge >= 0.3 is 0 Å². The number of unbranched alkanes of at least 4 members (excludes halogenated alkanes) is 1. The summed E-state index contributed by atoms with van der Waals surface area (Å²) >= 11 is 0. The molecule has 6 unspecified atom stereocenters. The molecule has 26 nitrogen and oxygen atoms in total. The van der Waals surface area contributed by atoms with E-state index in [0.29, 0.717) is 132 Å². The van der Waals surface area contributed by atoms with Crippen molar-refractivity contribution in [2.45, 2.75) is 103 Å². The van der Waals surface area contributed by atoms with Crippen molar-refractivity contribution in [2.75, 3.05) is 225 Å². The number of hydrogen-bond donors (Lipinski definition) is 4. The normalized spacial score (nSPS) is 13.8. The minimum Gasteiger partial charge on any atom is -0.379 e. The standard InChI is InChI=1S/C54H102N8O18/c1-5-63-45-59-19-29-73-43-50(76-31-21-61-47-65-7-3)53(79-32-22-62-48-66-8-4)49(75-30-20-60-46-64-6-2)41-71-23-9-10-24-72-42-51(77-38-35-68-26-12-16-56)54(80-40-37-70-28-14-18-58)52(78-39-36-69-27-13-17-57)44-74-34-33-67-25-11-15-55/h49-54,59-62H,5-14,19-48H2,1-4H3. The molecular weight excluding hydrogens is 1050 g/mol. The Hall–Kier alpha value is -2.92. The van der Waals surface area contributed by atoms with Gasteiger partial charge in [0.15, 0.2) is 0 Å². The largest absolute Gasteiger partial charge is 0.379 e.